The first-order valence-corrected chi connectivity index (χ1v) is 10.8. The molecule has 0 unspecified atom stereocenters. The van der Waals surface area contributed by atoms with E-state index in [9.17, 15) is 22.0 Å². The lowest BCUT2D eigenvalue weighted by atomic mass is 9.86. The lowest BCUT2D eigenvalue weighted by Crippen LogP contribution is -2.24. The Morgan fingerprint density at radius 3 is 2.47 bits per heavy atom. The molecule has 0 amide bonds. The minimum absolute atomic E-state index is 0.0349. The predicted molar refractivity (Wildman–Crippen MR) is 115 cm³/mol. The predicted octanol–water partition coefficient (Wildman–Crippen LogP) is 6.68. The molecule has 3 aromatic rings. The van der Waals surface area contributed by atoms with E-state index in [0.717, 1.165) is 29.2 Å². The Hall–Kier alpha value is -3.17. The van der Waals surface area contributed by atoms with Gasteiger partial charge in [-0.3, -0.25) is 4.98 Å². The van der Waals surface area contributed by atoms with Crippen LogP contribution in [0.1, 0.15) is 54.4 Å². The van der Waals surface area contributed by atoms with E-state index < -0.39 is 17.8 Å². The Kier molecular flexibility index (Phi) is 6.51. The highest BCUT2D eigenvalue weighted by Gasteiger charge is 2.36. The van der Waals surface area contributed by atoms with Gasteiger partial charge in [0.05, 0.1) is 18.5 Å². The van der Waals surface area contributed by atoms with Crippen LogP contribution in [0.4, 0.5) is 22.0 Å². The van der Waals surface area contributed by atoms with Gasteiger partial charge in [0.2, 0.25) is 5.92 Å². The highest BCUT2D eigenvalue weighted by Crippen LogP contribution is 2.41. The maximum absolute atomic E-state index is 13.5. The van der Waals surface area contributed by atoms with E-state index in [1.54, 1.807) is 18.2 Å². The van der Waals surface area contributed by atoms with Gasteiger partial charge in [-0.25, -0.2) is 13.8 Å². The smallest absolute Gasteiger partial charge is 0.433 e. The summed E-state index contributed by atoms with van der Waals surface area (Å²) in [7, 11) is 1.51. The van der Waals surface area contributed by atoms with Crippen molar-refractivity contribution >= 4 is 0 Å². The summed E-state index contributed by atoms with van der Waals surface area (Å²) in [6.45, 7) is 1.88. The minimum atomic E-state index is -4.49. The molecule has 10 heteroatoms. The Bertz CT molecular complexity index is 1130. The number of nitrogens with one attached hydrogen (secondary N) is 1. The molecule has 1 aromatic carbocycles. The lowest BCUT2D eigenvalue weighted by Gasteiger charge is -2.26. The van der Waals surface area contributed by atoms with Crippen LogP contribution in [0.15, 0.2) is 36.5 Å². The maximum Gasteiger partial charge on any atom is 0.433 e. The molecule has 182 valence electrons. The number of aromatic amines is 1. The second-order valence-corrected chi connectivity index (χ2v) is 8.41. The van der Waals surface area contributed by atoms with Crippen LogP contribution in [0.25, 0.3) is 11.3 Å². The normalized spacial score (nSPS) is 16.4. The van der Waals surface area contributed by atoms with Crippen LogP contribution in [0.3, 0.4) is 0 Å². The highest BCUT2D eigenvalue weighted by molar-refractivity contribution is 5.70. The van der Waals surface area contributed by atoms with Gasteiger partial charge in [-0.05, 0) is 38.0 Å². The minimum Gasteiger partial charge on any atom is -0.496 e. The molecule has 1 aliphatic carbocycles. The van der Waals surface area contributed by atoms with Crippen molar-refractivity contribution in [1.29, 1.82) is 0 Å². The number of alkyl halides is 5. The van der Waals surface area contributed by atoms with Crippen molar-refractivity contribution in [2.24, 2.45) is 0 Å². The molecule has 2 aromatic heterocycles. The number of pyridine rings is 1. The summed E-state index contributed by atoms with van der Waals surface area (Å²) in [5.74, 6) is -0.974. The van der Waals surface area contributed by atoms with Gasteiger partial charge in [0.25, 0.3) is 0 Å². The first-order chi connectivity index (χ1) is 16.1. The number of hydrogen-bond acceptors (Lipinski definition) is 4. The van der Waals surface area contributed by atoms with Gasteiger partial charge in [0, 0.05) is 42.1 Å². The molecule has 1 aliphatic rings. The number of methoxy groups -OCH3 is 1. The first-order valence-electron chi connectivity index (χ1n) is 10.8. The third-order valence-corrected chi connectivity index (χ3v) is 5.97. The molecule has 34 heavy (non-hydrogen) atoms. The summed E-state index contributed by atoms with van der Waals surface area (Å²) >= 11 is 0. The van der Waals surface area contributed by atoms with Gasteiger partial charge < -0.3 is 14.5 Å². The molecule has 4 rings (SSSR count). The molecule has 0 saturated heterocycles. The molecule has 1 N–H and O–H groups in total. The van der Waals surface area contributed by atoms with E-state index in [2.05, 4.69) is 15.0 Å². The monoisotopic (exact) mass is 481 g/mol. The number of ether oxygens (including phenoxy) is 2. The van der Waals surface area contributed by atoms with Crippen LogP contribution in [0.5, 0.6) is 11.5 Å². The number of hydrogen-bond donors (Lipinski definition) is 1. The Labute approximate surface area is 193 Å². The maximum atomic E-state index is 13.5. The van der Waals surface area contributed by atoms with Crippen LogP contribution in [0.2, 0.25) is 0 Å². The number of nitrogens with zero attached hydrogens (tertiary/aromatic N) is 2. The Morgan fingerprint density at radius 2 is 1.85 bits per heavy atom. The summed E-state index contributed by atoms with van der Waals surface area (Å²) in [4.78, 5) is 11.3. The average molecular weight is 481 g/mol. The van der Waals surface area contributed by atoms with Gasteiger partial charge in [-0.1, -0.05) is 6.07 Å². The van der Waals surface area contributed by atoms with Crippen molar-refractivity contribution in [2.45, 2.75) is 57.2 Å². The molecule has 5 nitrogen and oxygen atoms in total. The number of H-pyrrole nitrogens is 1. The first kappa shape index (κ1) is 24.0. The molecule has 2 heterocycles. The van der Waals surface area contributed by atoms with Gasteiger partial charge in [0.1, 0.15) is 29.6 Å². The number of aromatic nitrogens is 3. The van der Waals surface area contributed by atoms with Crippen molar-refractivity contribution in [3.05, 3.63) is 59.3 Å². The number of imidazole rings is 1. The molecule has 1 fully saturated rings. The standard InChI is InChI=1S/C24H24F5N3O2/c1-14-21(32-22(31-14)16-7-9-23(25,26)10-8-16)18-5-4-17(11-19(18)33-2)34-13-15-3-6-20(30-12-15)24(27,28)29/h3-6,11-12,16H,7-10,13H2,1-2H3,(H,31,32). The third kappa shape index (κ3) is 5.31. The van der Waals surface area contributed by atoms with Crippen molar-refractivity contribution in [3.63, 3.8) is 0 Å². The van der Waals surface area contributed by atoms with Crippen LogP contribution < -0.4 is 9.47 Å². The van der Waals surface area contributed by atoms with Crippen molar-refractivity contribution in [2.75, 3.05) is 7.11 Å². The summed E-state index contributed by atoms with van der Waals surface area (Å²) in [6, 6.07) is 7.41. The van der Waals surface area contributed by atoms with Gasteiger partial charge in [-0.2, -0.15) is 13.2 Å². The van der Waals surface area contributed by atoms with E-state index in [1.807, 2.05) is 6.92 Å². The largest absolute Gasteiger partial charge is 0.496 e. The van der Waals surface area contributed by atoms with Gasteiger partial charge >= 0.3 is 6.18 Å². The zero-order chi connectivity index (χ0) is 24.5. The van der Waals surface area contributed by atoms with Crippen LogP contribution >= 0.6 is 0 Å². The molecular weight excluding hydrogens is 457 g/mol. The summed E-state index contributed by atoms with van der Waals surface area (Å²) in [5.41, 5.74) is 1.74. The fourth-order valence-corrected chi connectivity index (χ4v) is 4.06. The van der Waals surface area contributed by atoms with E-state index in [-0.39, 0.29) is 25.4 Å². The highest BCUT2D eigenvalue weighted by atomic mass is 19.4. The molecular formula is C24H24F5N3O2. The fourth-order valence-electron chi connectivity index (χ4n) is 4.06. The molecule has 0 spiro atoms. The van der Waals surface area contributed by atoms with Crippen molar-refractivity contribution in [1.82, 2.24) is 15.0 Å². The second-order valence-electron chi connectivity index (χ2n) is 8.41. The fraction of sp³-hybridized carbons (Fsp3) is 0.417. The lowest BCUT2D eigenvalue weighted by molar-refractivity contribution is -0.141. The molecule has 0 atom stereocenters. The Morgan fingerprint density at radius 1 is 1.12 bits per heavy atom. The zero-order valence-corrected chi connectivity index (χ0v) is 18.7. The van der Waals surface area contributed by atoms with E-state index in [1.165, 1.54) is 13.2 Å². The Balaban J connectivity index is 1.48. The number of aryl methyl sites for hydroxylation is 1. The van der Waals surface area contributed by atoms with Crippen molar-refractivity contribution < 1.29 is 31.4 Å². The molecule has 1 saturated carbocycles. The summed E-state index contributed by atoms with van der Waals surface area (Å²) < 4.78 is 76.2. The quantitative estimate of drug-likeness (QED) is 0.399. The van der Waals surface area contributed by atoms with Crippen molar-refractivity contribution in [3.8, 4) is 22.8 Å². The number of benzene rings is 1. The zero-order valence-electron chi connectivity index (χ0n) is 18.7. The number of rotatable bonds is 6. The van der Waals surface area contributed by atoms with Gasteiger partial charge in [0.15, 0.2) is 0 Å². The molecule has 0 aliphatic heterocycles. The van der Waals surface area contributed by atoms with E-state index >= 15 is 0 Å². The second kappa shape index (κ2) is 9.23. The summed E-state index contributed by atoms with van der Waals surface area (Å²) in [5, 5.41) is 0. The molecule has 0 radical (unpaired) electrons. The van der Waals surface area contributed by atoms with E-state index in [0.29, 0.717) is 35.7 Å². The van der Waals surface area contributed by atoms with Crippen LogP contribution in [-0.2, 0) is 12.8 Å². The molecule has 0 bridgehead atoms. The van der Waals surface area contributed by atoms with E-state index in [4.69, 9.17) is 9.47 Å². The topological polar surface area (TPSA) is 60.0 Å². The third-order valence-electron chi connectivity index (χ3n) is 5.97. The van der Waals surface area contributed by atoms with Crippen LogP contribution in [0, 0.1) is 6.92 Å². The van der Waals surface area contributed by atoms with Gasteiger partial charge in [-0.15, -0.1) is 0 Å². The average Bonchev–Trinajstić information content (AvgIpc) is 3.18. The number of halogens is 5. The van der Waals surface area contributed by atoms with Crippen LogP contribution in [-0.4, -0.2) is 28.0 Å². The SMILES string of the molecule is COc1cc(OCc2ccc(C(F)(F)F)nc2)ccc1-c1[nH]c(C2CCC(F)(F)CC2)nc1C. The summed E-state index contributed by atoms with van der Waals surface area (Å²) in [6.07, 6.45) is -2.89.